The lowest BCUT2D eigenvalue weighted by Crippen LogP contribution is -2.37. The second-order valence-corrected chi connectivity index (χ2v) is 6.94. The Balaban J connectivity index is 1.93. The van der Waals surface area contributed by atoms with Crippen LogP contribution >= 0.6 is 15.9 Å². The molecule has 128 valence electrons. The first-order valence-electron chi connectivity index (χ1n) is 7.99. The average molecular weight is 395 g/mol. The standard InChI is InChI=1S/C19H20BrFO3/c20-16-11-18(24-12-14-4-2-1-3-5-14)15(10-17(16)21)19(13-22)6-8-23-9-7-19/h1-5,10-11,22H,6-9,12-13H2. The van der Waals surface area contributed by atoms with Gasteiger partial charge in [-0.25, -0.2) is 4.39 Å². The monoisotopic (exact) mass is 394 g/mol. The Bertz CT molecular complexity index is 685. The van der Waals surface area contributed by atoms with Crippen LogP contribution in [0.3, 0.4) is 0 Å². The molecule has 0 spiro atoms. The Morgan fingerprint density at radius 2 is 1.88 bits per heavy atom. The molecular weight excluding hydrogens is 375 g/mol. The summed E-state index contributed by atoms with van der Waals surface area (Å²) in [6, 6.07) is 12.9. The van der Waals surface area contributed by atoms with Gasteiger partial charge in [-0.15, -0.1) is 0 Å². The van der Waals surface area contributed by atoms with Gasteiger partial charge in [0.05, 0.1) is 11.1 Å². The number of halogens is 2. The Hall–Kier alpha value is -1.43. The van der Waals surface area contributed by atoms with Gasteiger partial charge < -0.3 is 14.6 Å². The van der Waals surface area contributed by atoms with Gasteiger partial charge in [-0.3, -0.25) is 0 Å². The zero-order valence-electron chi connectivity index (χ0n) is 13.3. The van der Waals surface area contributed by atoms with Crippen LogP contribution in [0.15, 0.2) is 46.9 Å². The summed E-state index contributed by atoms with van der Waals surface area (Å²) in [7, 11) is 0. The number of aliphatic hydroxyl groups excluding tert-OH is 1. The van der Waals surface area contributed by atoms with Crippen LogP contribution in [0.2, 0.25) is 0 Å². The SMILES string of the molecule is OCC1(c2cc(F)c(Br)cc2OCc2ccccc2)CCOCC1. The van der Waals surface area contributed by atoms with E-state index in [4.69, 9.17) is 9.47 Å². The van der Waals surface area contributed by atoms with E-state index in [0.717, 1.165) is 5.56 Å². The van der Waals surface area contributed by atoms with Crippen molar-refractivity contribution in [1.82, 2.24) is 0 Å². The van der Waals surface area contributed by atoms with Crippen LogP contribution in [0.25, 0.3) is 0 Å². The molecule has 0 unspecified atom stereocenters. The van der Waals surface area contributed by atoms with Crippen LogP contribution < -0.4 is 4.74 Å². The lowest BCUT2D eigenvalue weighted by molar-refractivity contribution is 0.0239. The van der Waals surface area contributed by atoms with Gasteiger partial charge in [0, 0.05) is 24.2 Å². The van der Waals surface area contributed by atoms with Gasteiger partial charge in [0.15, 0.2) is 0 Å². The molecule has 0 bridgehead atoms. The Labute approximate surface area is 149 Å². The van der Waals surface area contributed by atoms with Gasteiger partial charge in [-0.1, -0.05) is 30.3 Å². The number of hydrogen-bond acceptors (Lipinski definition) is 3. The number of benzene rings is 2. The van der Waals surface area contributed by atoms with E-state index in [0.29, 0.717) is 48.4 Å². The fourth-order valence-electron chi connectivity index (χ4n) is 3.07. The van der Waals surface area contributed by atoms with Gasteiger partial charge >= 0.3 is 0 Å². The predicted molar refractivity (Wildman–Crippen MR) is 93.7 cm³/mol. The molecule has 1 aliphatic heterocycles. The maximum absolute atomic E-state index is 14.2. The molecule has 2 aromatic rings. The van der Waals surface area contributed by atoms with E-state index in [1.807, 2.05) is 30.3 Å². The number of aliphatic hydroxyl groups is 1. The van der Waals surface area contributed by atoms with Gasteiger partial charge in [0.2, 0.25) is 0 Å². The van der Waals surface area contributed by atoms with Gasteiger partial charge in [-0.2, -0.15) is 0 Å². The lowest BCUT2D eigenvalue weighted by Gasteiger charge is -2.37. The molecule has 0 atom stereocenters. The van der Waals surface area contributed by atoms with E-state index >= 15 is 0 Å². The van der Waals surface area contributed by atoms with Crippen LogP contribution in [0.1, 0.15) is 24.0 Å². The molecule has 0 amide bonds. The van der Waals surface area contributed by atoms with Gasteiger partial charge in [0.25, 0.3) is 0 Å². The molecule has 0 aromatic heterocycles. The summed E-state index contributed by atoms with van der Waals surface area (Å²) in [5.41, 5.74) is 1.23. The van der Waals surface area contributed by atoms with Crippen LogP contribution in [-0.2, 0) is 16.8 Å². The summed E-state index contributed by atoms with van der Waals surface area (Å²) >= 11 is 3.23. The summed E-state index contributed by atoms with van der Waals surface area (Å²) in [6.45, 7) is 1.44. The molecule has 24 heavy (non-hydrogen) atoms. The Morgan fingerprint density at radius 1 is 1.17 bits per heavy atom. The molecule has 1 aliphatic rings. The molecule has 1 heterocycles. The zero-order valence-corrected chi connectivity index (χ0v) is 14.9. The minimum absolute atomic E-state index is 0.0564. The van der Waals surface area contributed by atoms with E-state index in [9.17, 15) is 9.50 Å². The van der Waals surface area contributed by atoms with Crippen molar-refractivity contribution in [3.63, 3.8) is 0 Å². The van der Waals surface area contributed by atoms with Crippen molar-refractivity contribution in [3.05, 3.63) is 63.9 Å². The van der Waals surface area contributed by atoms with Crippen molar-refractivity contribution in [1.29, 1.82) is 0 Å². The third-order valence-electron chi connectivity index (χ3n) is 4.58. The Morgan fingerprint density at radius 3 is 2.54 bits per heavy atom. The molecule has 2 aromatic carbocycles. The normalized spacial score (nSPS) is 16.8. The summed E-state index contributed by atoms with van der Waals surface area (Å²) in [5.74, 6) is 0.249. The van der Waals surface area contributed by atoms with E-state index in [1.165, 1.54) is 6.07 Å². The minimum atomic E-state index is -0.522. The van der Waals surface area contributed by atoms with Crippen LogP contribution in [0.5, 0.6) is 5.75 Å². The highest BCUT2D eigenvalue weighted by Crippen LogP contribution is 2.41. The summed E-state index contributed by atoms with van der Waals surface area (Å²) in [6.07, 6.45) is 1.29. The molecular formula is C19H20BrFO3. The van der Waals surface area contributed by atoms with Crippen molar-refractivity contribution in [2.24, 2.45) is 0 Å². The molecule has 0 radical (unpaired) electrons. The Kier molecular flexibility index (Phi) is 5.54. The molecule has 0 aliphatic carbocycles. The van der Waals surface area contributed by atoms with Gasteiger partial charge in [-0.05, 0) is 46.5 Å². The van der Waals surface area contributed by atoms with E-state index in [-0.39, 0.29) is 12.4 Å². The first-order valence-corrected chi connectivity index (χ1v) is 8.79. The van der Waals surface area contributed by atoms with Crippen molar-refractivity contribution in [3.8, 4) is 5.75 Å². The average Bonchev–Trinajstić information content (AvgIpc) is 2.63. The molecule has 3 rings (SSSR count). The topological polar surface area (TPSA) is 38.7 Å². The molecule has 1 fully saturated rings. The lowest BCUT2D eigenvalue weighted by atomic mass is 9.74. The third-order valence-corrected chi connectivity index (χ3v) is 5.19. The number of ether oxygens (including phenoxy) is 2. The van der Waals surface area contributed by atoms with E-state index in [1.54, 1.807) is 6.07 Å². The molecule has 5 heteroatoms. The van der Waals surface area contributed by atoms with Crippen molar-refractivity contribution in [2.45, 2.75) is 24.9 Å². The largest absolute Gasteiger partial charge is 0.489 e. The summed E-state index contributed by atoms with van der Waals surface area (Å²) in [4.78, 5) is 0. The zero-order chi connectivity index (χ0) is 17.0. The number of rotatable bonds is 5. The summed E-state index contributed by atoms with van der Waals surface area (Å²) in [5, 5.41) is 10.0. The van der Waals surface area contributed by atoms with Crippen LogP contribution in [0, 0.1) is 5.82 Å². The fraction of sp³-hybridized carbons (Fsp3) is 0.368. The summed E-state index contributed by atoms with van der Waals surface area (Å²) < 4.78 is 25.9. The highest BCUT2D eigenvalue weighted by molar-refractivity contribution is 9.10. The van der Waals surface area contributed by atoms with E-state index < -0.39 is 5.41 Å². The molecule has 3 nitrogen and oxygen atoms in total. The van der Waals surface area contributed by atoms with E-state index in [2.05, 4.69) is 15.9 Å². The number of hydrogen-bond donors (Lipinski definition) is 1. The highest BCUT2D eigenvalue weighted by atomic mass is 79.9. The van der Waals surface area contributed by atoms with Gasteiger partial charge in [0.1, 0.15) is 18.2 Å². The first kappa shape index (κ1) is 17.4. The first-order chi connectivity index (χ1) is 11.6. The minimum Gasteiger partial charge on any atom is -0.489 e. The second-order valence-electron chi connectivity index (χ2n) is 6.09. The van der Waals surface area contributed by atoms with Crippen LogP contribution in [0.4, 0.5) is 4.39 Å². The third kappa shape index (κ3) is 3.63. The second kappa shape index (κ2) is 7.64. The highest BCUT2D eigenvalue weighted by Gasteiger charge is 2.37. The van der Waals surface area contributed by atoms with Crippen molar-refractivity contribution < 1.29 is 19.0 Å². The smallest absolute Gasteiger partial charge is 0.137 e. The quantitative estimate of drug-likeness (QED) is 0.825. The molecule has 0 saturated carbocycles. The fourth-order valence-corrected chi connectivity index (χ4v) is 3.39. The maximum Gasteiger partial charge on any atom is 0.137 e. The van der Waals surface area contributed by atoms with Crippen molar-refractivity contribution >= 4 is 15.9 Å². The molecule has 1 N–H and O–H groups in total. The van der Waals surface area contributed by atoms with Crippen LogP contribution in [-0.4, -0.2) is 24.9 Å². The predicted octanol–water partition coefficient (Wildman–Crippen LogP) is 4.21. The molecule has 1 saturated heterocycles. The maximum atomic E-state index is 14.2. The van der Waals surface area contributed by atoms with Crippen molar-refractivity contribution in [2.75, 3.05) is 19.8 Å².